The van der Waals surface area contributed by atoms with Crippen LogP contribution in [0.4, 0.5) is 5.13 Å². The van der Waals surface area contributed by atoms with Crippen LogP contribution in [-0.2, 0) is 5.41 Å². The summed E-state index contributed by atoms with van der Waals surface area (Å²) < 4.78 is 0. The Labute approximate surface area is 113 Å². The summed E-state index contributed by atoms with van der Waals surface area (Å²) in [6, 6.07) is 6.62. The third kappa shape index (κ3) is 2.41. The molecule has 2 nitrogen and oxygen atoms in total. The van der Waals surface area contributed by atoms with Crippen molar-refractivity contribution in [3.8, 4) is 11.3 Å². The van der Waals surface area contributed by atoms with E-state index < -0.39 is 0 Å². The Balaban J connectivity index is 2.60. The fraction of sp³-hybridized carbons (Fsp3) is 0.400. The van der Waals surface area contributed by atoms with Gasteiger partial charge in [0.15, 0.2) is 5.13 Å². The number of aryl methyl sites for hydroxylation is 2. The summed E-state index contributed by atoms with van der Waals surface area (Å²) in [7, 11) is 0. The molecular formula is C15H20N2S. The minimum absolute atomic E-state index is 0.151. The molecule has 0 saturated carbocycles. The van der Waals surface area contributed by atoms with Crippen LogP contribution in [-0.4, -0.2) is 4.98 Å². The molecule has 0 amide bonds. The van der Waals surface area contributed by atoms with E-state index >= 15 is 0 Å². The van der Waals surface area contributed by atoms with Crippen LogP contribution >= 0.6 is 11.3 Å². The van der Waals surface area contributed by atoms with Crippen molar-refractivity contribution < 1.29 is 0 Å². The Morgan fingerprint density at radius 3 is 2.33 bits per heavy atom. The van der Waals surface area contributed by atoms with E-state index in [0.717, 1.165) is 5.69 Å². The van der Waals surface area contributed by atoms with Gasteiger partial charge in [0, 0.05) is 10.4 Å². The van der Waals surface area contributed by atoms with Gasteiger partial charge >= 0.3 is 0 Å². The van der Waals surface area contributed by atoms with Crippen LogP contribution in [0.2, 0.25) is 0 Å². The van der Waals surface area contributed by atoms with Gasteiger partial charge in [-0.1, -0.05) is 32.9 Å². The SMILES string of the molecule is Cc1ccc(C(C)(C)C)cc1-c1nc(N)sc1C. The van der Waals surface area contributed by atoms with Crippen LogP contribution < -0.4 is 5.73 Å². The Morgan fingerprint density at radius 2 is 1.83 bits per heavy atom. The molecule has 2 aromatic rings. The Morgan fingerprint density at radius 1 is 1.17 bits per heavy atom. The number of rotatable bonds is 1. The number of nitrogens with zero attached hydrogens (tertiary/aromatic N) is 1. The van der Waals surface area contributed by atoms with E-state index in [1.54, 1.807) is 11.3 Å². The first kappa shape index (κ1) is 13.1. The largest absolute Gasteiger partial charge is 0.375 e. The fourth-order valence-electron chi connectivity index (χ4n) is 2.01. The van der Waals surface area contributed by atoms with Crippen LogP contribution in [0.15, 0.2) is 18.2 Å². The first-order chi connectivity index (χ1) is 8.29. The van der Waals surface area contributed by atoms with Gasteiger partial charge in [-0.2, -0.15) is 0 Å². The van der Waals surface area contributed by atoms with Crippen molar-refractivity contribution in [3.63, 3.8) is 0 Å². The molecule has 96 valence electrons. The smallest absolute Gasteiger partial charge is 0.180 e. The summed E-state index contributed by atoms with van der Waals surface area (Å²) in [5, 5.41) is 0.642. The molecule has 1 aromatic carbocycles. The van der Waals surface area contributed by atoms with Crippen molar-refractivity contribution in [2.75, 3.05) is 5.73 Å². The molecule has 0 radical (unpaired) electrons. The monoisotopic (exact) mass is 260 g/mol. The molecule has 1 aromatic heterocycles. The van der Waals surface area contributed by atoms with Gasteiger partial charge < -0.3 is 5.73 Å². The first-order valence-electron chi connectivity index (χ1n) is 6.13. The zero-order valence-electron chi connectivity index (χ0n) is 11.7. The van der Waals surface area contributed by atoms with Crippen LogP contribution in [0.5, 0.6) is 0 Å². The van der Waals surface area contributed by atoms with Crippen LogP contribution in [0.1, 0.15) is 36.8 Å². The van der Waals surface area contributed by atoms with Crippen molar-refractivity contribution in [1.82, 2.24) is 4.98 Å². The number of anilines is 1. The van der Waals surface area contributed by atoms with E-state index in [9.17, 15) is 0 Å². The number of hydrogen-bond donors (Lipinski definition) is 1. The molecule has 3 heteroatoms. The second-order valence-corrected chi connectivity index (χ2v) is 6.97. The van der Waals surface area contributed by atoms with Gasteiger partial charge in [-0.05, 0) is 36.5 Å². The molecule has 18 heavy (non-hydrogen) atoms. The maximum absolute atomic E-state index is 5.80. The van der Waals surface area contributed by atoms with E-state index in [1.807, 2.05) is 0 Å². The van der Waals surface area contributed by atoms with Crippen molar-refractivity contribution in [3.05, 3.63) is 34.2 Å². The third-order valence-corrected chi connectivity index (χ3v) is 3.97. The van der Waals surface area contributed by atoms with Crippen molar-refractivity contribution >= 4 is 16.5 Å². The summed E-state index contributed by atoms with van der Waals surface area (Å²) in [6.45, 7) is 10.9. The number of aromatic nitrogens is 1. The maximum atomic E-state index is 5.80. The minimum Gasteiger partial charge on any atom is -0.375 e. The summed E-state index contributed by atoms with van der Waals surface area (Å²) >= 11 is 1.55. The van der Waals surface area contributed by atoms with Gasteiger partial charge in [0.05, 0.1) is 5.69 Å². The van der Waals surface area contributed by atoms with Gasteiger partial charge in [-0.25, -0.2) is 4.98 Å². The predicted molar refractivity (Wildman–Crippen MR) is 80.1 cm³/mol. The molecule has 0 saturated heterocycles. The molecular weight excluding hydrogens is 240 g/mol. The molecule has 0 atom stereocenters. The molecule has 0 bridgehead atoms. The number of thiazole rings is 1. The van der Waals surface area contributed by atoms with Gasteiger partial charge in [0.1, 0.15) is 0 Å². The normalized spacial score (nSPS) is 11.8. The quantitative estimate of drug-likeness (QED) is 0.830. The van der Waals surface area contributed by atoms with Crippen molar-refractivity contribution in [1.29, 1.82) is 0 Å². The second kappa shape index (κ2) is 4.39. The van der Waals surface area contributed by atoms with Gasteiger partial charge in [0.2, 0.25) is 0 Å². The number of nitrogen functional groups attached to an aromatic ring is 1. The number of benzene rings is 1. The minimum atomic E-state index is 0.151. The molecule has 2 rings (SSSR count). The van der Waals surface area contributed by atoms with E-state index in [0.29, 0.717) is 5.13 Å². The number of nitrogens with two attached hydrogens (primary N) is 1. The maximum Gasteiger partial charge on any atom is 0.180 e. The average molecular weight is 260 g/mol. The lowest BCUT2D eigenvalue weighted by Gasteiger charge is -2.20. The van der Waals surface area contributed by atoms with Gasteiger partial charge in [-0.15, -0.1) is 11.3 Å². The van der Waals surface area contributed by atoms with Crippen molar-refractivity contribution in [2.24, 2.45) is 0 Å². The van der Waals surface area contributed by atoms with Gasteiger partial charge in [0.25, 0.3) is 0 Å². The zero-order chi connectivity index (χ0) is 13.5. The highest BCUT2D eigenvalue weighted by Gasteiger charge is 2.17. The van der Waals surface area contributed by atoms with E-state index in [-0.39, 0.29) is 5.41 Å². The zero-order valence-corrected chi connectivity index (χ0v) is 12.5. The standard InChI is InChI=1S/C15H20N2S/c1-9-6-7-11(15(3,4)5)8-12(9)13-10(2)18-14(16)17-13/h6-8H,1-5H3,(H2,16,17). The fourth-order valence-corrected chi connectivity index (χ4v) is 2.71. The van der Waals surface area contributed by atoms with E-state index in [1.165, 1.54) is 21.6 Å². The summed E-state index contributed by atoms with van der Waals surface area (Å²) in [6.07, 6.45) is 0. The molecule has 0 fully saturated rings. The lowest BCUT2D eigenvalue weighted by Crippen LogP contribution is -2.11. The third-order valence-electron chi connectivity index (χ3n) is 3.17. The molecule has 0 unspecified atom stereocenters. The highest BCUT2D eigenvalue weighted by molar-refractivity contribution is 7.15. The van der Waals surface area contributed by atoms with Crippen LogP contribution in [0.25, 0.3) is 11.3 Å². The summed E-state index contributed by atoms with van der Waals surface area (Å²) in [5.74, 6) is 0. The van der Waals surface area contributed by atoms with Crippen LogP contribution in [0.3, 0.4) is 0 Å². The molecule has 0 spiro atoms. The summed E-state index contributed by atoms with van der Waals surface area (Å²) in [4.78, 5) is 5.64. The Hall–Kier alpha value is -1.35. The molecule has 0 aliphatic rings. The van der Waals surface area contributed by atoms with Crippen LogP contribution in [0, 0.1) is 13.8 Å². The predicted octanol–water partition coefficient (Wildman–Crippen LogP) is 4.31. The second-order valence-electron chi connectivity index (χ2n) is 5.74. The molecule has 2 N–H and O–H groups in total. The number of hydrogen-bond acceptors (Lipinski definition) is 3. The highest BCUT2D eigenvalue weighted by atomic mass is 32.1. The first-order valence-corrected chi connectivity index (χ1v) is 6.95. The summed E-state index contributed by atoms with van der Waals surface area (Å²) in [5.41, 5.74) is 10.8. The average Bonchev–Trinajstić information content (AvgIpc) is 2.56. The topological polar surface area (TPSA) is 38.9 Å². The van der Waals surface area contributed by atoms with Gasteiger partial charge in [-0.3, -0.25) is 0 Å². The molecule has 0 aliphatic heterocycles. The van der Waals surface area contributed by atoms with E-state index in [2.05, 4.69) is 57.8 Å². The molecule has 0 aliphatic carbocycles. The Kier molecular flexibility index (Phi) is 3.20. The lowest BCUT2D eigenvalue weighted by molar-refractivity contribution is 0.590. The van der Waals surface area contributed by atoms with Crippen molar-refractivity contribution in [2.45, 2.75) is 40.0 Å². The van der Waals surface area contributed by atoms with E-state index in [4.69, 9.17) is 5.73 Å². The molecule has 1 heterocycles. The highest BCUT2D eigenvalue weighted by Crippen LogP contribution is 2.34. The lowest BCUT2D eigenvalue weighted by atomic mass is 9.85. The Bertz CT molecular complexity index is 577.